The summed E-state index contributed by atoms with van der Waals surface area (Å²) in [6.07, 6.45) is 0. The lowest BCUT2D eigenvalue weighted by Crippen LogP contribution is -1.98. The maximum absolute atomic E-state index is 6.77. The molecule has 0 aliphatic rings. The van der Waals surface area contributed by atoms with Gasteiger partial charge in [-0.15, -0.1) is 0 Å². The average Bonchev–Trinajstić information content (AvgIpc) is 3.95. The summed E-state index contributed by atoms with van der Waals surface area (Å²) < 4.78 is 13.2. The minimum absolute atomic E-state index is 0.529. The lowest BCUT2D eigenvalue weighted by atomic mass is 9.96. The van der Waals surface area contributed by atoms with Gasteiger partial charge in [0.2, 0.25) is 11.4 Å². The second-order valence-electron chi connectivity index (χ2n) is 20.5. The molecule has 382 valence electrons. The number of aromatic nitrogens is 6. The normalized spacial score (nSPS) is 11.7. The molecule has 0 spiro atoms. The number of para-hydroxylation sites is 3. The summed E-state index contributed by atoms with van der Waals surface area (Å²) in [7, 11) is 0. The lowest BCUT2D eigenvalue weighted by molar-refractivity contribution is 0.655. The zero-order chi connectivity index (χ0) is 54.1. The Kier molecular flexibility index (Phi) is 11.0. The fraction of sp³-hybridized carbons (Fsp3) is 0. The summed E-state index contributed by atoms with van der Waals surface area (Å²) in [4.78, 5) is 31.4. The van der Waals surface area contributed by atoms with Crippen molar-refractivity contribution < 1.29 is 8.83 Å². The van der Waals surface area contributed by atoms with Crippen molar-refractivity contribution in [3.8, 4) is 101 Å². The Balaban J connectivity index is 0.779. The number of furan rings is 2. The number of hydrogen-bond donors (Lipinski definition) is 0. The molecule has 0 fully saturated rings. The number of fused-ring (bicyclic) bond motifs is 8. The van der Waals surface area contributed by atoms with Gasteiger partial charge in [0.25, 0.3) is 0 Å². The van der Waals surface area contributed by atoms with E-state index < -0.39 is 0 Å². The van der Waals surface area contributed by atoms with Gasteiger partial charge in [0.15, 0.2) is 11.6 Å². The number of nitrogens with zero attached hydrogens (tertiary/aromatic N) is 6. The smallest absolute Gasteiger partial charge is 0.228 e. The molecule has 6 heterocycles. The fourth-order valence-electron chi connectivity index (χ4n) is 11.6. The molecule has 0 aliphatic heterocycles. The average molecular weight is 1050 g/mol. The minimum Gasteiger partial charge on any atom is -0.438 e. The van der Waals surface area contributed by atoms with Gasteiger partial charge in [-0.25, -0.2) is 29.9 Å². The Morgan fingerprint density at radius 2 is 0.622 bits per heavy atom. The Morgan fingerprint density at radius 1 is 0.220 bits per heavy atom. The zero-order valence-corrected chi connectivity index (χ0v) is 43.9. The van der Waals surface area contributed by atoms with Crippen molar-refractivity contribution in [1.82, 2.24) is 29.9 Å². The van der Waals surface area contributed by atoms with Crippen molar-refractivity contribution in [1.29, 1.82) is 0 Å². The van der Waals surface area contributed by atoms with Gasteiger partial charge in [0.05, 0.1) is 44.6 Å². The van der Waals surface area contributed by atoms with Crippen LogP contribution in [0.5, 0.6) is 0 Å². The molecule has 0 saturated heterocycles. The third-order valence-corrected chi connectivity index (χ3v) is 15.5. The monoisotopic (exact) mass is 1050 g/mol. The summed E-state index contributed by atoms with van der Waals surface area (Å²) in [6.45, 7) is 0. The maximum atomic E-state index is 6.77. The van der Waals surface area contributed by atoms with Crippen molar-refractivity contribution >= 4 is 65.9 Å². The first kappa shape index (κ1) is 46.8. The van der Waals surface area contributed by atoms with Crippen molar-refractivity contribution in [2.45, 2.75) is 0 Å². The molecular formula is C74H44N6O2. The van der Waals surface area contributed by atoms with E-state index in [9.17, 15) is 0 Å². The van der Waals surface area contributed by atoms with E-state index in [1.54, 1.807) is 0 Å². The molecule has 82 heavy (non-hydrogen) atoms. The standard InChI is InChI=1S/C74H44N6O2/c1-4-18-45(19-5-1)50-24-16-26-53(40-50)62-43-61(48-20-6-2-7-21-48)76-72(77-62)68-56-29-11-14-32-60(56)80-74-70(68)58-39-38-52(42-66(58)82-74)47-36-34-46(35-37-47)51-25-17-27-54(41-51)63-44-64(78-71(75-63)49-22-8-3-9-23-49)67-55-28-10-13-31-59(55)79-73-69(67)57-30-12-15-33-65(57)81-73/h1-44H. The van der Waals surface area contributed by atoms with Crippen molar-refractivity contribution in [2.24, 2.45) is 0 Å². The van der Waals surface area contributed by atoms with E-state index in [0.29, 0.717) is 23.1 Å². The highest BCUT2D eigenvalue weighted by Crippen LogP contribution is 2.44. The fourth-order valence-corrected chi connectivity index (χ4v) is 11.6. The first-order valence-corrected chi connectivity index (χ1v) is 27.3. The van der Waals surface area contributed by atoms with E-state index in [1.165, 1.54) is 0 Å². The highest BCUT2D eigenvalue weighted by molar-refractivity contribution is 6.19. The van der Waals surface area contributed by atoms with Gasteiger partial charge in [-0.2, -0.15) is 0 Å². The molecule has 10 aromatic carbocycles. The van der Waals surface area contributed by atoms with Crippen molar-refractivity contribution in [3.63, 3.8) is 0 Å². The molecule has 0 bridgehead atoms. The minimum atomic E-state index is 0.529. The summed E-state index contributed by atoms with van der Waals surface area (Å²) in [5, 5.41) is 5.65. The molecular weight excluding hydrogens is 1000 g/mol. The molecule has 0 aliphatic carbocycles. The van der Waals surface area contributed by atoms with Gasteiger partial charge in [0, 0.05) is 54.9 Å². The summed E-state index contributed by atoms with van der Waals surface area (Å²) in [6, 6.07) is 91.9. The van der Waals surface area contributed by atoms with E-state index in [0.717, 1.165) is 144 Å². The largest absolute Gasteiger partial charge is 0.438 e. The number of benzene rings is 10. The van der Waals surface area contributed by atoms with Gasteiger partial charge in [-0.1, -0.05) is 212 Å². The van der Waals surface area contributed by atoms with Crippen molar-refractivity contribution in [2.75, 3.05) is 0 Å². The predicted molar refractivity (Wildman–Crippen MR) is 332 cm³/mol. The molecule has 0 radical (unpaired) electrons. The topological polar surface area (TPSA) is 104 Å². The first-order valence-electron chi connectivity index (χ1n) is 27.3. The quantitative estimate of drug-likeness (QED) is 0.141. The zero-order valence-electron chi connectivity index (χ0n) is 43.9. The molecule has 0 unspecified atom stereocenters. The van der Waals surface area contributed by atoms with E-state index in [2.05, 4.69) is 170 Å². The second-order valence-corrected chi connectivity index (χ2v) is 20.5. The number of hydrogen-bond acceptors (Lipinski definition) is 8. The SMILES string of the molecule is c1ccc(-c2cccc(-c3cc(-c4ccccc4)nc(-c4c5ccccc5nc5oc6cc(-c7ccc(-c8cccc(-c9cc(-c%10c%11ccccc%11nc%11oc%12ccccc%12c%10%11)nc(-c%10ccccc%10)n9)c8)cc7)ccc6c45)n3)c2)cc1. The summed E-state index contributed by atoms with van der Waals surface area (Å²) in [5.41, 5.74) is 19.7. The first-order chi connectivity index (χ1) is 40.6. The van der Waals surface area contributed by atoms with E-state index in [1.807, 2.05) is 97.1 Å². The molecule has 0 saturated carbocycles. The van der Waals surface area contributed by atoms with Crippen LogP contribution in [0.25, 0.3) is 167 Å². The summed E-state index contributed by atoms with van der Waals surface area (Å²) in [5.74, 6) is 1.23. The van der Waals surface area contributed by atoms with Gasteiger partial charge in [-0.3, -0.25) is 0 Å². The van der Waals surface area contributed by atoms with Crippen LogP contribution in [0.15, 0.2) is 276 Å². The Hall–Kier alpha value is -11.2. The lowest BCUT2D eigenvalue weighted by Gasteiger charge is -2.13. The van der Waals surface area contributed by atoms with Crippen LogP contribution in [0.2, 0.25) is 0 Å². The maximum Gasteiger partial charge on any atom is 0.228 e. The van der Waals surface area contributed by atoms with Gasteiger partial charge >= 0.3 is 0 Å². The van der Waals surface area contributed by atoms with Crippen LogP contribution >= 0.6 is 0 Å². The predicted octanol–water partition coefficient (Wildman–Crippen LogP) is 19.2. The molecule has 0 atom stereocenters. The van der Waals surface area contributed by atoms with E-state index in [-0.39, 0.29) is 0 Å². The second kappa shape index (κ2) is 19.3. The van der Waals surface area contributed by atoms with Crippen molar-refractivity contribution in [3.05, 3.63) is 267 Å². The van der Waals surface area contributed by atoms with Crippen LogP contribution in [-0.4, -0.2) is 29.9 Å². The van der Waals surface area contributed by atoms with Crippen LogP contribution in [0, 0.1) is 0 Å². The van der Waals surface area contributed by atoms with Gasteiger partial charge in [0.1, 0.15) is 11.2 Å². The third-order valence-electron chi connectivity index (χ3n) is 15.5. The van der Waals surface area contributed by atoms with Gasteiger partial charge in [-0.05, 0) is 88.0 Å². The summed E-state index contributed by atoms with van der Waals surface area (Å²) >= 11 is 0. The molecule has 8 nitrogen and oxygen atoms in total. The molecule has 8 heteroatoms. The van der Waals surface area contributed by atoms with Crippen LogP contribution in [0.4, 0.5) is 0 Å². The molecule has 6 aromatic heterocycles. The molecule has 16 rings (SSSR count). The van der Waals surface area contributed by atoms with Crippen LogP contribution < -0.4 is 0 Å². The highest BCUT2D eigenvalue weighted by Gasteiger charge is 2.24. The molecule has 0 N–H and O–H groups in total. The number of rotatable bonds is 9. The van der Waals surface area contributed by atoms with Crippen LogP contribution in [-0.2, 0) is 0 Å². The number of pyridine rings is 2. The molecule has 0 amide bonds. The highest BCUT2D eigenvalue weighted by atomic mass is 16.3. The van der Waals surface area contributed by atoms with E-state index in [4.69, 9.17) is 38.7 Å². The van der Waals surface area contributed by atoms with Gasteiger partial charge < -0.3 is 8.83 Å². The third kappa shape index (κ3) is 8.16. The van der Waals surface area contributed by atoms with Crippen LogP contribution in [0.3, 0.4) is 0 Å². The Bertz CT molecular complexity index is 5150. The van der Waals surface area contributed by atoms with Crippen LogP contribution in [0.1, 0.15) is 0 Å². The van der Waals surface area contributed by atoms with E-state index >= 15 is 0 Å². The Labute approximate surface area is 470 Å². The molecule has 16 aromatic rings. The Morgan fingerprint density at radius 3 is 1.26 bits per heavy atom.